The van der Waals surface area contributed by atoms with E-state index in [0.717, 1.165) is 11.1 Å². The fraction of sp³-hybridized carbons (Fsp3) is 0.385. The van der Waals surface area contributed by atoms with Gasteiger partial charge in [0.2, 0.25) is 0 Å². The van der Waals surface area contributed by atoms with Crippen LogP contribution in [0, 0.1) is 0 Å². The molecule has 1 heterocycles. The second-order valence-electron chi connectivity index (χ2n) is 4.39. The lowest BCUT2D eigenvalue weighted by atomic mass is 10.1. The number of nitrogens with one attached hydrogen (secondary N) is 1. The van der Waals surface area contributed by atoms with E-state index in [1.54, 1.807) is 6.07 Å². The van der Waals surface area contributed by atoms with Crippen molar-refractivity contribution in [3.8, 4) is 5.75 Å². The van der Waals surface area contributed by atoms with Crippen LogP contribution in [0.1, 0.15) is 5.56 Å². The number of hydrogen-bond acceptors (Lipinski definition) is 3. The number of aryl methyl sites for hydroxylation is 1. The number of aromatic nitrogens is 1. The summed E-state index contributed by atoms with van der Waals surface area (Å²) < 4.78 is 42.5. The molecule has 0 spiro atoms. The van der Waals surface area contributed by atoms with Crippen LogP contribution in [0.4, 0.5) is 13.2 Å². The zero-order valence-electron chi connectivity index (χ0n) is 10.9. The molecule has 0 aliphatic heterocycles. The largest absolute Gasteiger partial charge is 0.573 e. The van der Waals surface area contributed by atoms with Gasteiger partial charge in [-0.25, -0.2) is 0 Å². The summed E-state index contributed by atoms with van der Waals surface area (Å²) >= 11 is 0. The fourth-order valence-corrected chi connectivity index (χ4v) is 2.09. The van der Waals surface area contributed by atoms with Gasteiger partial charge in [0.15, 0.2) is 0 Å². The van der Waals surface area contributed by atoms with Crippen molar-refractivity contribution in [2.75, 3.05) is 13.2 Å². The molecule has 7 heteroatoms. The van der Waals surface area contributed by atoms with E-state index in [4.69, 9.17) is 5.11 Å². The van der Waals surface area contributed by atoms with Gasteiger partial charge in [-0.15, -0.1) is 13.2 Å². The molecule has 2 N–H and O–H groups in total. The smallest absolute Gasteiger partial charge is 0.406 e. The lowest BCUT2D eigenvalue weighted by Gasteiger charge is -2.09. The minimum Gasteiger partial charge on any atom is -0.406 e. The minimum absolute atomic E-state index is 0.00714. The van der Waals surface area contributed by atoms with Gasteiger partial charge in [-0.05, 0) is 23.8 Å². The molecule has 0 atom stereocenters. The van der Waals surface area contributed by atoms with Crippen molar-refractivity contribution in [3.05, 3.63) is 30.0 Å². The third-order valence-electron chi connectivity index (χ3n) is 2.88. The number of fused-ring (bicyclic) bond motifs is 1. The molecule has 1 aromatic heterocycles. The first-order valence-corrected chi connectivity index (χ1v) is 6.06. The Hall–Kier alpha value is -1.73. The lowest BCUT2D eigenvalue weighted by molar-refractivity contribution is -0.274. The number of ether oxygens (including phenoxy) is 1. The highest BCUT2D eigenvalue weighted by Crippen LogP contribution is 2.29. The van der Waals surface area contributed by atoms with Gasteiger partial charge in [0.25, 0.3) is 0 Å². The van der Waals surface area contributed by atoms with Crippen LogP contribution in [0.3, 0.4) is 0 Å². The predicted octanol–water partition coefficient (Wildman–Crippen LogP) is 2.16. The maximum Gasteiger partial charge on any atom is 0.573 e. The van der Waals surface area contributed by atoms with E-state index in [9.17, 15) is 13.2 Å². The van der Waals surface area contributed by atoms with Crippen molar-refractivity contribution >= 4 is 10.9 Å². The van der Waals surface area contributed by atoms with Crippen LogP contribution in [0.25, 0.3) is 10.9 Å². The number of nitrogens with zero attached hydrogens (tertiary/aromatic N) is 1. The van der Waals surface area contributed by atoms with E-state index in [-0.39, 0.29) is 12.4 Å². The van der Waals surface area contributed by atoms with Crippen LogP contribution in [-0.4, -0.2) is 29.2 Å². The van der Waals surface area contributed by atoms with E-state index in [1.165, 1.54) is 12.1 Å². The molecular formula is C13H15F3N2O2. The summed E-state index contributed by atoms with van der Waals surface area (Å²) in [6.45, 7) is 0.899. The average Bonchev–Trinajstić information content (AvgIpc) is 2.64. The van der Waals surface area contributed by atoms with E-state index in [0.29, 0.717) is 18.5 Å². The SMILES string of the molecule is Cn1cc(CNCCO)c2cc(OC(F)(F)F)ccc21. The van der Waals surface area contributed by atoms with Crippen LogP contribution >= 0.6 is 0 Å². The van der Waals surface area contributed by atoms with Gasteiger partial charge in [-0.3, -0.25) is 0 Å². The first-order valence-electron chi connectivity index (χ1n) is 6.06. The van der Waals surface area contributed by atoms with Gasteiger partial charge in [-0.2, -0.15) is 0 Å². The summed E-state index contributed by atoms with van der Waals surface area (Å²) in [5.74, 6) is -0.236. The van der Waals surface area contributed by atoms with Crippen molar-refractivity contribution in [1.82, 2.24) is 9.88 Å². The van der Waals surface area contributed by atoms with Gasteiger partial charge in [0.05, 0.1) is 6.61 Å². The highest BCUT2D eigenvalue weighted by molar-refractivity contribution is 5.85. The number of benzene rings is 1. The Bertz CT molecular complexity index is 593. The monoisotopic (exact) mass is 288 g/mol. The molecule has 2 rings (SSSR count). The zero-order chi connectivity index (χ0) is 14.8. The van der Waals surface area contributed by atoms with E-state index < -0.39 is 6.36 Å². The molecule has 0 aliphatic carbocycles. The number of aliphatic hydroxyl groups excluding tert-OH is 1. The quantitative estimate of drug-likeness (QED) is 0.829. The topological polar surface area (TPSA) is 46.4 Å². The molecule has 0 aliphatic rings. The Labute approximate surface area is 113 Å². The number of alkyl halides is 3. The van der Waals surface area contributed by atoms with Crippen molar-refractivity contribution in [1.29, 1.82) is 0 Å². The van der Waals surface area contributed by atoms with Gasteiger partial charge < -0.3 is 19.7 Å². The lowest BCUT2D eigenvalue weighted by Crippen LogP contribution is -2.17. The number of rotatable bonds is 5. The summed E-state index contributed by atoms with van der Waals surface area (Å²) in [5, 5.41) is 12.4. The molecule has 1 aromatic carbocycles. The van der Waals surface area contributed by atoms with E-state index >= 15 is 0 Å². The molecule has 0 unspecified atom stereocenters. The molecule has 0 bridgehead atoms. The normalized spacial score (nSPS) is 12.1. The molecule has 2 aromatic rings. The Morgan fingerprint density at radius 2 is 2.10 bits per heavy atom. The molecule has 4 nitrogen and oxygen atoms in total. The average molecular weight is 288 g/mol. The van der Waals surface area contributed by atoms with E-state index in [1.807, 2.05) is 17.8 Å². The Morgan fingerprint density at radius 3 is 2.75 bits per heavy atom. The number of halogens is 3. The zero-order valence-corrected chi connectivity index (χ0v) is 10.9. The summed E-state index contributed by atoms with van der Waals surface area (Å²) in [6.07, 6.45) is -2.86. The second kappa shape index (κ2) is 5.72. The van der Waals surface area contributed by atoms with Crippen molar-refractivity contribution in [2.24, 2.45) is 7.05 Å². The highest BCUT2D eigenvalue weighted by atomic mass is 19.4. The van der Waals surface area contributed by atoms with Crippen LogP contribution < -0.4 is 10.1 Å². The molecule has 20 heavy (non-hydrogen) atoms. The van der Waals surface area contributed by atoms with Crippen molar-refractivity contribution in [3.63, 3.8) is 0 Å². The Balaban J connectivity index is 2.31. The van der Waals surface area contributed by atoms with Crippen LogP contribution in [0.5, 0.6) is 5.75 Å². The highest BCUT2D eigenvalue weighted by Gasteiger charge is 2.31. The summed E-state index contributed by atoms with van der Waals surface area (Å²) in [7, 11) is 1.82. The molecule has 0 saturated heterocycles. The molecule has 0 saturated carbocycles. The summed E-state index contributed by atoms with van der Waals surface area (Å²) in [4.78, 5) is 0. The first-order chi connectivity index (χ1) is 9.40. The predicted molar refractivity (Wildman–Crippen MR) is 68.4 cm³/mol. The number of hydrogen-bond donors (Lipinski definition) is 2. The maximum absolute atomic E-state index is 12.2. The Kier molecular flexibility index (Phi) is 4.20. The van der Waals surface area contributed by atoms with Gasteiger partial charge in [0.1, 0.15) is 5.75 Å². The molecule has 0 fully saturated rings. The van der Waals surface area contributed by atoms with Crippen LogP contribution in [0.2, 0.25) is 0 Å². The van der Waals surface area contributed by atoms with Gasteiger partial charge in [0, 0.05) is 37.2 Å². The van der Waals surface area contributed by atoms with Gasteiger partial charge >= 0.3 is 6.36 Å². The third-order valence-corrected chi connectivity index (χ3v) is 2.88. The maximum atomic E-state index is 12.2. The summed E-state index contributed by atoms with van der Waals surface area (Å²) in [5.41, 5.74) is 1.67. The minimum atomic E-state index is -4.70. The second-order valence-corrected chi connectivity index (χ2v) is 4.39. The molecule has 0 amide bonds. The van der Waals surface area contributed by atoms with Gasteiger partial charge in [-0.1, -0.05) is 0 Å². The fourth-order valence-electron chi connectivity index (χ4n) is 2.09. The van der Waals surface area contributed by atoms with Crippen molar-refractivity contribution < 1.29 is 23.0 Å². The standard InChI is InChI=1S/C13H15F3N2O2/c1-18-8-9(7-17-4-5-19)11-6-10(2-3-12(11)18)20-13(14,15)16/h2-3,6,8,17,19H,4-5,7H2,1H3. The van der Waals surface area contributed by atoms with Crippen LogP contribution in [0.15, 0.2) is 24.4 Å². The first kappa shape index (κ1) is 14.7. The molecule has 110 valence electrons. The number of aliphatic hydroxyl groups is 1. The third kappa shape index (κ3) is 3.43. The van der Waals surface area contributed by atoms with E-state index in [2.05, 4.69) is 10.1 Å². The summed E-state index contributed by atoms with van der Waals surface area (Å²) in [6, 6.07) is 4.26. The van der Waals surface area contributed by atoms with Crippen LogP contribution in [-0.2, 0) is 13.6 Å². The van der Waals surface area contributed by atoms with Crippen molar-refractivity contribution in [2.45, 2.75) is 12.9 Å². The Morgan fingerprint density at radius 1 is 1.35 bits per heavy atom. The molecule has 0 radical (unpaired) electrons. The molecular weight excluding hydrogens is 273 g/mol.